The van der Waals surface area contributed by atoms with Crippen molar-refractivity contribution < 1.29 is 14.3 Å². The van der Waals surface area contributed by atoms with Gasteiger partial charge >= 0.3 is 0 Å². The molecule has 1 aliphatic rings. The summed E-state index contributed by atoms with van der Waals surface area (Å²) in [4.78, 5) is 16.7. The monoisotopic (exact) mass is 358 g/mol. The van der Waals surface area contributed by atoms with Gasteiger partial charge in [0, 0.05) is 10.9 Å². The van der Waals surface area contributed by atoms with E-state index in [0.717, 1.165) is 17.0 Å². The summed E-state index contributed by atoms with van der Waals surface area (Å²) in [7, 11) is 0. The molecular formula is C17H11ClN2O3S. The van der Waals surface area contributed by atoms with Gasteiger partial charge in [-0.2, -0.15) is 0 Å². The minimum Gasteiger partial charge on any atom is -0.454 e. The summed E-state index contributed by atoms with van der Waals surface area (Å²) in [5.41, 5.74) is 2.07. The average Bonchev–Trinajstić information content (AvgIpc) is 3.23. The topological polar surface area (TPSA) is 60.5 Å². The first kappa shape index (κ1) is 15.0. The number of amides is 1. The Morgan fingerprint density at radius 1 is 1.17 bits per heavy atom. The van der Waals surface area contributed by atoms with Crippen LogP contribution in [0.5, 0.6) is 11.5 Å². The van der Waals surface area contributed by atoms with Gasteiger partial charge < -0.3 is 9.47 Å². The largest absolute Gasteiger partial charge is 0.454 e. The Bertz CT molecular complexity index is 926. The Morgan fingerprint density at radius 2 is 2.00 bits per heavy atom. The quantitative estimate of drug-likeness (QED) is 0.751. The van der Waals surface area contributed by atoms with Crippen LogP contribution >= 0.6 is 22.9 Å². The van der Waals surface area contributed by atoms with Gasteiger partial charge in [-0.1, -0.05) is 23.7 Å². The summed E-state index contributed by atoms with van der Waals surface area (Å²) in [5.74, 6) is 1.13. The van der Waals surface area contributed by atoms with Gasteiger partial charge in [-0.3, -0.25) is 10.1 Å². The van der Waals surface area contributed by atoms with Crippen molar-refractivity contribution in [2.45, 2.75) is 0 Å². The van der Waals surface area contributed by atoms with Gasteiger partial charge in [0.25, 0.3) is 5.91 Å². The molecule has 0 saturated heterocycles. The van der Waals surface area contributed by atoms with Crippen LogP contribution in [0.2, 0.25) is 5.02 Å². The lowest BCUT2D eigenvalue weighted by Crippen LogP contribution is -2.12. The van der Waals surface area contributed by atoms with Gasteiger partial charge in [-0.15, -0.1) is 11.3 Å². The van der Waals surface area contributed by atoms with E-state index < -0.39 is 0 Å². The molecule has 0 fully saturated rings. The predicted octanol–water partition coefficient (Wildman–Crippen LogP) is 4.44. The smallest absolute Gasteiger partial charge is 0.258 e. The fourth-order valence-corrected chi connectivity index (χ4v) is 3.27. The van der Waals surface area contributed by atoms with E-state index in [-0.39, 0.29) is 12.7 Å². The van der Waals surface area contributed by atoms with Crippen molar-refractivity contribution in [2.75, 3.05) is 12.1 Å². The zero-order valence-corrected chi connectivity index (χ0v) is 13.9. The van der Waals surface area contributed by atoms with Crippen LogP contribution in [0.1, 0.15) is 10.4 Å². The fraction of sp³-hybridized carbons (Fsp3) is 0.0588. The number of nitrogens with one attached hydrogen (secondary N) is 1. The van der Waals surface area contributed by atoms with Crippen molar-refractivity contribution >= 4 is 34.0 Å². The number of halogens is 1. The molecule has 0 atom stereocenters. The number of hydrogen-bond donors (Lipinski definition) is 1. The van der Waals surface area contributed by atoms with Crippen LogP contribution in [-0.2, 0) is 0 Å². The van der Waals surface area contributed by atoms with Gasteiger partial charge in [-0.05, 0) is 30.3 Å². The number of ether oxygens (including phenoxy) is 2. The molecule has 0 unspecified atom stereocenters. The summed E-state index contributed by atoms with van der Waals surface area (Å²) >= 11 is 7.39. The highest BCUT2D eigenvalue weighted by atomic mass is 35.5. The van der Waals surface area contributed by atoms with Gasteiger partial charge in [-0.25, -0.2) is 4.98 Å². The minimum absolute atomic E-state index is 0.231. The van der Waals surface area contributed by atoms with E-state index in [0.29, 0.717) is 21.5 Å². The number of aromatic nitrogens is 1. The lowest BCUT2D eigenvalue weighted by Gasteiger charge is -2.03. The van der Waals surface area contributed by atoms with Crippen molar-refractivity contribution in [2.24, 2.45) is 0 Å². The van der Waals surface area contributed by atoms with E-state index in [9.17, 15) is 4.79 Å². The van der Waals surface area contributed by atoms with Gasteiger partial charge in [0.1, 0.15) is 0 Å². The van der Waals surface area contributed by atoms with Crippen LogP contribution in [-0.4, -0.2) is 17.7 Å². The number of hydrogen-bond acceptors (Lipinski definition) is 5. The third kappa shape index (κ3) is 2.81. The number of thiazole rings is 1. The number of rotatable bonds is 3. The summed E-state index contributed by atoms with van der Waals surface area (Å²) in [6.07, 6.45) is 0. The highest BCUT2D eigenvalue weighted by Gasteiger charge is 2.16. The molecular weight excluding hydrogens is 348 g/mol. The van der Waals surface area contributed by atoms with Crippen LogP contribution in [0.3, 0.4) is 0 Å². The van der Waals surface area contributed by atoms with E-state index in [1.54, 1.807) is 24.3 Å². The highest BCUT2D eigenvalue weighted by molar-refractivity contribution is 7.14. The molecule has 7 heteroatoms. The van der Waals surface area contributed by atoms with Crippen molar-refractivity contribution in [3.05, 3.63) is 58.4 Å². The molecule has 0 spiro atoms. The second-order valence-corrected chi connectivity index (χ2v) is 6.31. The van der Waals surface area contributed by atoms with E-state index >= 15 is 0 Å². The number of benzene rings is 2. The van der Waals surface area contributed by atoms with E-state index in [1.165, 1.54) is 11.3 Å². The molecule has 24 heavy (non-hydrogen) atoms. The zero-order valence-electron chi connectivity index (χ0n) is 12.3. The van der Waals surface area contributed by atoms with Crippen LogP contribution in [0, 0.1) is 0 Å². The molecule has 1 aliphatic heterocycles. The third-order valence-corrected chi connectivity index (χ3v) is 4.60. The van der Waals surface area contributed by atoms with E-state index in [4.69, 9.17) is 21.1 Å². The SMILES string of the molecule is O=C(Nc1nc(-c2ccc3c(c2)OCO3)cs1)c1ccccc1Cl. The molecule has 2 aromatic carbocycles. The molecule has 4 rings (SSSR count). The Morgan fingerprint density at radius 3 is 2.88 bits per heavy atom. The Hall–Kier alpha value is -2.57. The van der Waals surface area contributed by atoms with Crippen LogP contribution in [0.25, 0.3) is 11.3 Å². The first-order valence-corrected chi connectivity index (χ1v) is 8.38. The number of carbonyl (C=O) groups is 1. The summed E-state index contributed by atoms with van der Waals surface area (Å²) in [6, 6.07) is 12.5. The minimum atomic E-state index is -0.285. The average molecular weight is 359 g/mol. The van der Waals surface area contributed by atoms with Crippen molar-refractivity contribution in [1.82, 2.24) is 4.98 Å². The molecule has 1 amide bonds. The predicted molar refractivity (Wildman–Crippen MR) is 93.1 cm³/mol. The van der Waals surface area contributed by atoms with Gasteiger partial charge in [0.2, 0.25) is 6.79 Å². The summed E-state index contributed by atoms with van der Waals surface area (Å²) in [6.45, 7) is 0.231. The molecule has 2 heterocycles. The lowest BCUT2D eigenvalue weighted by molar-refractivity contribution is 0.102. The molecule has 0 aliphatic carbocycles. The maximum absolute atomic E-state index is 12.3. The van der Waals surface area contributed by atoms with E-state index in [1.807, 2.05) is 23.6 Å². The molecule has 1 aromatic heterocycles. The fourth-order valence-electron chi connectivity index (χ4n) is 2.33. The second kappa shape index (κ2) is 6.14. The van der Waals surface area contributed by atoms with E-state index in [2.05, 4.69) is 10.3 Å². The molecule has 1 N–H and O–H groups in total. The maximum atomic E-state index is 12.3. The zero-order chi connectivity index (χ0) is 16.5. The first-order chi connectivity index (χ1) is 11.7. The Labute approximate surface area is 146 Å². The molecule has 120 valence electrons. The second-order valence-electron chi connectivity index (χ2n) is 5.04. The molecule has 3 aromatic rings. The normalized spacial score (nSPS) is 12.2. The van der Waals surface area contributed by atoms with Crippen molar-refractivity contribution in [3.63, 3.8) is 0 Å². The van der Waals surface area contributed by atoms with Crippen LogP contribution in [0.15, 0.2) is 47.8 Å². The number of carbonyl (C=O) groups excluding carboxylic acids is 1. The summed E-state index contributed by atoms with van der Waals surface area (Å²) < 4.78 is 10.7. The molecule has 0 saturated carbocycles. The van der Waals surface area contributed by atoms with Crippen LogP contribution < -0.4 is 14.8 Å². The van der Waals surface area contributed by atoms with Crippen molar-refractivity contribution in [1.29, 1.82) is 0 Å². The number of fused-ring (bicyclic) bond motifs is 1. The van der Waals surface area contributed by atoms with Gasteiger partial charge in [0.15, 0.2) is 16.6 Å². The number of anilines is 1. The standard InChI is InChI=1S/C17H11ClN2O3S/c18-12-4-2-1-3-11(12)16(21)20-17-19-13(8-24-17)10-5-6-14-15(7-10)23-9-22-14/h1-8H,9H2,(H,19,20,21). The molecule has 0 radical (unpaired) electrons. The Balaban J connectivity index is 1.55. The maximum Gasteiger partial charge on any atom is 0.258 e. The first-order valence-electron chi connectivity index (χ1n) is 7.12. The van der Waals surface area contributed by atoms with Gasteiger partial charge in [0.05, 0.1) is 16.3 Å². The third-order valence-electron chi connectivity index (χ3n) is 3.51. The highest BCUT2D eigenvalue weighted by Crippen LogP contribution is 2.36. The molecule has 0 bridgehead atoms. The summed E-state index contributed by atoms with van der Waals surface area (Å²) in [5, 5.41) is 5.56. The number of nitrogens with zero attached hydrogens (tertiary/aromatic N) is 1. The lowest BCUT2D eigenvalue weighted by atomic mass is 10.1. The van der Waals surface area contributed by atoms with Crippen LogP contribution in [0.4, 0.5) is 5.13 Å². The van der Waals surface area contributed by atoms with Crippen molar-refractivity contribution in [3.8, 4) is 22.8 Å². The Kier molecular flexibility index (Phi) is 3.84. The molecule has 5 nitrogen and oxygen atoms in total.